The van der Waals surface area contributed by atoms with Crippen molar-refractivity contribution in [2.24, 2.45) is 0 Å². The highest BCUT2D eigenvalue weighted by Crippen LogP contribution is 2.17. The quantitative estimate of drug-likeness (QED) is 0.707. The molecule has 9 nitrogen and oxygen atoms in total. The molecule has 1 saturated heterocycles. The van der Waals surface area contributed by atoms with E-state index in [1.54, 1.807) is 25.3 Å². The van der Waals surface area contributed by atoms with E-state index in [9.17, 15) is 14.4 Å². The van der Waals surface area contributed by atoms with Crippen molar-refractivity contribution in [3.8, 4) is 11.5 Å². The Labute approximate surface area is 168 Å². The van der Waals surface area contributed by atoms with Crippen LogP contribution in [0.4, 0.5) is 5.69 Å². The third-order valence-electron chi connectivity index (χ3n) is 4.27. The summed E-state index contributed by atoms with van der Waals surface area (Å²) in [6.45, 7) is 0.704. The van der Waals surface area contributed by atoms with E-state index < -0.39 is 0 Å². The van der Waals surface area contributed by atoms with E-state index in [4.69, 9.17) is 9.47 Å². The molecule has 0 aliphatic carbocycles. The normalized spacial score (nSPS) is 13.4. The van der Waals surface area contributed by atoms with Crippen LogP contribution in [0, 0.1) is 0 Å². The van der Waals surface area contributed by atoms with Gasteiger partial charge in [-0.15, -0.1) is 0 Å². The van der Waals surface area contributed by atoms with Gasteiger partial charge in [0, 0.05) is 19.2 Å². The summed E-state index contributed by atoms with van der Waals surface area (Å²) >= 11 is 0. The summed E-state index contributed by atoms with van der Waals surface area (Å²) < 4.78 is 10.6. The van der Waals surface area contributed by atoms with Crippen molar-refractivity contribution in [2.45, 2.75) is 6.42 Å². The minimum absolute atomic E-state index is 0.0297. The third kappa shape index (κ3) is 5.93. The monoisotopic (exact) mass is 398 g/mol. The van der Waals surface area contributed by atoms with E-state index in [2.05, 4.69) is 15.6 Å². The molecule has 2 aromatic rings. The molecule has 2 N–H and O–H groups in total. The molecule has 152 valence electrons. The fraction of sp³-hybridized carbons (Fsp3) is 0.300. The summed E-state index contributed by atoms with van der Waals surface area (Å²) in [5.41, 5.74) is 1.31. The maximum atomic E-state index is 12.2. The number of rotatable bonds is 7. The molecule has 9 heteroatoms. The Hall–Kier alpha value is -3.62. The second-order valence-corrected chi connectivity index (χ2v) is 6.44. The Kier molecular flexibility index (Phi) is 6.62. The second-order valence-electron chi connectivity index (χ2n) is 6.44. The minimum Gasteiger partial charge on any atom is -0.497 e. The number of anilines is 1. The van der Waals surface area contributed by atoms with Crippen LogP contribution >= 0.6 is 0 Å². The van der Waals surface area contributed by atoms with Crippen LogP contribution in [0.5, 0.6) is 11.5 Å². The Morgan fingerprint density at radius 1 is 1.21 bits per heavy atom. The van der Waals surface area contributed by atoms with E-state index in [1.165, 1.54) is 17.3 Å². The van der Waals surface area contributed by atoms with E-state index in [-0.39, 0.29) is 37.3 Å². The fourth-order valence-electron chi connectivity index (χ4n) is 2.79. The first-order valence-corrected chi connectivity index (χ1v) is 9.08. The van der Waals surface area contributed by atoms with Crippen molar-refractivity contribution in [3.63, 3.8) is 0 Å². The van der Waals surface area contributed by atoms with Gasteiger partial charge in [0.1, 0.15) is 11.5 Å². The van der Waals surface area contributed by atoms with Gasteiger partial charge in [-0.25, -0.2) is 0 Å². The van der Waals surface area contributed by atoms with Crippen molar-refractivity contribution in [1.29, 1.82) is 0 Å². The summed E-state index contributed by atoms with van der Waals surface area (Å²) in [6.07, 6.45) is 3.15. The van der Waals surface area contributed by atoms with E-state index in [0.717, 1.165) is 11.3 Å². The number of ether oxygens (including phenoxy) is 2. The van der Waals surface area contributed by atoms with Crippen LogP contribution in [-0.2, 0) is 20.8 Å². The highest BCUT2D eigenvalue weighted by molar-refractivity contribution is 5.92. The van der Waals surface area contributed by atoms with Gasteiger partial charge in [0.05, 0.1) is 38.2 Å². The zero-order chi connectivity index (χ0) is 20.6. The Morgan fingerprint density at radius 3 is 2.72 bits per heavy atom. The lowest BCUT2D eigenvalue weighted by molar-refractivity contribution is -0.139. The number of methoxy groups -OCH3 is 1. The van der Waals surface area contributed by atoms with Crippen molar-refractivity contribution in [2.75, 3.05) is 38.7 Å². The first kappa shape index (κ1) is 20.1. The number of hydrogen-bond donors (Lipinski definition) is 2. The van der Waals surface area contributed by atoms with Crippen LogP contribution < -0.4 is 20.1 Å². The highest BCUT2D eigenvalue weighted by Gasteiger charge is 2.21. The standard InChI is InChI=1S/C20H22N4O5/c1-28-16-4-2-14(3-5-16)8-18(25)23-15-9-17(11-21-10-15)29-13-20(27)24-7-6-22-19(26)12-24/h2-5,9-11H,6-8,12-13H2,1H3,(H,22,26)(H,23,25). The van der Waals surface area contributed by atoms with Gasteiger partial charge in [0.25, 0.3) is 5.91 Å². The molecule has 0 radical (unpaired) electrons. The maximum absolute atomic E-state index is 12.2. The molecule has 2 heterocycles. The van der Waals surface area contributed by atoms with Gasteiger partial charge < -0.3 is 25.0 Å². The predicted molar refractivity (Wildman–Crippen MR) is 105 cm³/mol. The number of pyridine rings is 1. The number of nitrogens with zero attached hydrogens (tertiary/aromatic N) is 2. The number of nitrogens with one attached hydrogen (secondary N) is 2. The average molecular weight is 398 g/mol. The van der Waals surface area contributed by atoms with Crippen LogP contribution in [0.15, 0.2) is 42.7 Å². The van der Waals surface area contributed by atoms with Gasteiger partial charge in [0.15, 0.2) is 6.61 Å². The van der Waals surface area contributed by atoms with Crippen molar-refractivity contribution in [3.05, 3.63) is 48.3 Å². The van der Waals surface area contributed by atoms with Gasteiger partial charge in [-0.1, -0.05) is 12.1 Å². The molecule has 3 rings (SSSR count). The maximum Gasteiger partial charge on any atom is 0.261 e. The van der Waals surface area contributed by atoms with Gasteiger partial charge in [-0.3, -0.25) is 19.4 Å². The number of carbonyl (C=O) groups excluding carboxylic acids is 3. The fourth-order valence-corrected chi connectivity index (χ4v) is 2.79. The molecular weight excluding hydrogens is 376 g/mol. The number of carbonyl (C=O) groups is 3. The van der Waals surface area contributed by atoms with Gasteiger partial charge in [-0.2, -0.15) is 0 Å². The smallest absolute Gasteiger partial charge is 0.261 e. The van der Waals surface area contributed by atoms with Crippen molar-refractivity contribution >= 4 is 23.4 Å². The molecule has 1 aliphatic heterocycles. The lowest BCUT2D eigenvalue weighted by atomic mass is 10.1. The summed E-state index contributed by atoms with van der Waals surface area (Å²) in [5.74, 6) is 0.399. The Bertz CT molecular complexity index is 885. The molecule has 1 aliphatic rings. The molecular formula is C20H22N4O5. The molecule has 1 fully saturated rings. The molecule has 1 aromatic heterocycles. The largest absolute Gasteiger partial charge is 0.497 e. The Balaban J connectivity index is 1.51. The highest BCUT2D eigenvalue weighted by atomic mass is 16.5. The molecule has 0 unspecified atom stereocenters. The van der Waals surface area contributed by atoms with Crippen LogP contribution in [0.25, 0.3) is 0 Å². The SMILES string of the molecule is COc1ccc(CC(=O)Nc2cncc(OCC(=O)N3CCNC(=O)C3)c2)cc1. The summed E-state index contributed by atoms with van der Waals surface area (Å²) in [6, 6.07) is 8.82. The summed E-state index contributed by atoms with van der Waals surface area (Å²) in [7, 11) is 1.58. The van der Waals surface area contributed by atoms with E-state index in [1.807, 2.05) is 12.1 Å². The third-order valence-corrected chi connectivity index (χ3v) is 4.27. The van der Waals surface area contributed by atoms with Gasteiger partial charge in [0.2, 0.25) is 11.8 Å². The number of amides is 3. The summed E-state index contributed by atoms with van der Waals surface area (Å²) in [5, 5.41) is 5.41. The number of benzene rings is 1. The lowest BCUT2D eigenvalue weighted by Gasteiger charge is -2.26. The van der Waals surface area contributed by atoms with Crippen LogP contribution in [0.3, 0.4) is 0 Å². The van der Waals surface area contributed by atoms with Crippen molar-refractivity contribution in [1.82, 2.24) is 15.2 Å². The van der Waals surface area contributed by atoms with Gasteiger partial charge >= 0.3 is 0 Å². The Morgan fingerprint density at radius 2 is 2.00 bits per heavy atom. The van der Waals surface area contributed by atoms with E-state index >= 15 is 0 Å². The van der Waals surface area contributed by atoms with Gasteiger partial charge in [-0.05, 0) is 17.7 Å². The van der Waals surface area contributed by atoms with Crippen LogP contribution in [0.2, 0.25) is 0 Å². The molecule has 0 bridgehead atoms. The minimum atomic E-state index is -0.284. The molecule has 1 aromatic carbocycles. The summed E-state index contributed by atoms with van der Waals surface area (Å²) in [4.78, 5) is 41.2. The number of aromatic nitrogens is 1. The first-order valence-electron chi connectivity index (χ1n) is 9.08. The zero-order valence-electron chi connectivity index (χ0n) is 16.0. The molecule has 0 spiro atoms. The molecule has 0 atom stereocenters. The molecule has 29 heavy (non-hydrogen) atoms. The van der Waals surface area contributed by atoms with E-state index in [0.29, 0.717) is 24.5 Å². The molecule has 0 saturated carbocycles. The topological polar surface area (TPSA) is 110 Å². The predicted octanol–water partition coefficient (Wildman–Crippen LogP) is 0.609. The lowest BCUT2D eigenvalue weighted by Crippen LogP contribution is -2.51. The zero-order valence-corrected chi connectivity index (χ0v) is 16.0. The second kappa shape index (κ2) is 9.54. The average Bonchev–Trinajstić information content (AvgIpc) is 2.73. The molecule has 3 amide bonds. The first-order chi connectivity index (χ1) is 14.0. The number of piperazine rings is 1. The van der Waals surface area contributed by atoms with Crippen LogP contribution in [-0.4, -0.2) is 61.0 Å². The van der Waals surface area contributed by atoms with Crippen molar-refractivity contribution < 1.29 is 23.9 Å². The number of hydrogen-bond acceptors (Lipinski definition) is 6. The van der Waals surface area contributed by atoms with Crippen LogP contribution in [0.1, 0.15) is 5.56 Å².